The lowest BCUT2D eigenvalue weighted by Gasteiger charge is -2.28. The normalized spacial score (nSPS) is 22.7. The summed E-state index contributed by atoms with van der Waals surface area (Å²) in [5.41, 5.74) is 0. The first-order valence-electron chi connectivity index (χ1n) is 6.95. The molecule has 1 aliphatic carbocycles. The van der Waals surface area contributed by atoms with Gasteiger partial charge in [0.1, 0.15) is 0 Å². The molecule has 1 N–H and O–H groups in total. The number of carbonyl (C=O) groups is 2. The van der Waals surface area contributed by atoms with Crippen LogP contribution in [0.15, 0.2) is 0 Å². The van der Waals surface area contributed by atoms with E-state index in [2.05, 4.69) is 0 Å². The van der Waals surface area contributed by atoms with Gasteiger partial charge in [0, 0.05) is 32.1 Å². The monoisotopic (exact) mass is 254 g/mol. The zero-order chi connectivity index (χ0) is 13.0. The summed E-state index contributed by atoms with van der Waals surface area (Å²) in [6, 6.07) is 0. The Morgan fingerprint density at radius 1 is 0.833 bits per heavy atom. The third-order valence-corrected chi connectivity index (χ3v) is 4.03. The molecule has 1 aliphatic heterocycles. The average Bonchev–Trinajstić information content (AvgIpc) is 2.64. The highest BCUT2D eigenvalue weighted by atomic mass is 16.4. The number of amides is 2. The molecular weight excluding hydrogens is 232 g/mol. The van der Waals surface area contributed by atoms with Gasteiger partial charge in [0.2, 0.25) is 5.91 Å². The summed E-state index contributed by atoms with van der Waals surface area (Å²) in [6.07, 6.45) is 5.47. The summed E-state index contributed by atoms with van der Waals surface area (Å²) in [6.45, 7) is 2.26. The van der Waals surface area contributed by atoms with Crippen molar-refractivity contribution in [2.45, 2.75) is 38.5 Å². The van der Waals surface area contributed by atoms with Gasteiger partial charge in [0.05, 0.1) is 0 Å². The highest BCUT2D eigenvalue weighted by Crippen LogP contribution is 2.25. The predicted octanol–water partition coefficient (Wildman–Crippen LogP) is 1.78. The molecule has 0 aromatic carbocycles. The van der Waals surface area contributed by atoms with Crippen molar-refractivity contribution < 1.29 is 14.7 Å². The van der Waals surface area contributed by atoms with Crippen molar-refractivity contribution in [2.24, 2.45) is 5.92 Å². The number of hydrogen-bond acceptors (Lipinski definition) is 2. The van der Waals surface area contributed by atoms with Gasteiger partial charge in [-0.1, -0.05) is 19.3 Å². The van der Waals surface area contributed by atoms with E-state index in [0.717, 1.165) is 32.1 Å². The maximum atomic E-state index is 12.3. The number of nitrogens with zero attached hydrogens (tertiary/aromatic N) is 2. The number of rotatable bonds is 1. The molecule has 2 amide bonds. The Hall–Kier alpha value is -1.26. The van der Waals surface area contributed by atoms with Crippen molar-refractivity contribution in [3.8, 4) is 0 Å². The van der Waals surface area contributed by atoms with Crippen molar-refractivity contribution >= 4 is 12.0 Å². The average molecular weight is 254 g/mol. The second-order valence-corrected chi connectivity index (χ2v) is 5.28. The molecule has 0 atom stereocenters. The van der Waals surface area contributed by atoms with Crippen molar-refractivity contribution in [1.29, 1.82) is 0 Å². The van der Waals surface area contributed by atoms with Crippen LogP contribution in [0.3, 0.4) is 0 Å². The molecule has 5 heteroatoms. The second kappa shape index (κ2) is 6.07. The van der Waals surface area contributed by atoms with E-state index in [4.69, 9.17) is 5.11 Å². The van der Waals surface area contributed by atoms with E-state index in [1.54, 1.807) is 0 Å². The van der Waals surface area contributed by atoms with E-state index >= 15 is 0 Å². The molecule has 5 nitrogen and oxygen atoms in total. The van der Waals surface area contributed by atoms with Crippen molar-refractivity contribution in [3.05, 3.63) is 0 Å². The smallest absolute Gasteiger partial charge is 0.407 e. The molecule has 1 saturated heterocycles. The predicted molar refractivity (Wildman–Crippen MR) is 67.4 cm³/mol. The minimum absolute atomic E-state index is 0.190. The molecule has 102 valence electrons. The zero-order valence-corrected chi connectivity index (χ0v) is 10.8. The van der Waals surface area contributed by atoms with Gasteiger partial charge in [0.15, 0.2) is 0 Å². The Morgan fingerprint density at radius 3 is 2.11 bits per heavy atom. The van der Waals surface area contributed by atoms with Gasteiger partial charge < -0.3 is 14.9 Å². The number of carbonyl (C=O) groups excluding carboxylic acids is 1. The van der Waals surface area contributed by atoms with Gasteiger partial charge in [-0.15, -0.1) is 0 Å². The highest BCUT2D eigenvalue weighted by Gasteiger charge is 2.28. The number of carboxylic acid groups (broad SMARTS) is 1. The van der Waals surface area contributed by atoms with Gasteiger partial charge in [-0.2, -0.15) is 0 Å². The minimum atomic E-state index is -0.873. The zero-order valence-electron chi connectivity index (χ0n) is 10.8. The Labute approximate surface area is 108 Å². The van der Waals surface area contributed by atoms with Crippen molar-refractivity contribution in [1.82, 2.24) is 9.80 Å². The summed E-state index contributed by atoms with van der Waals surface area (Å²) in [4.78, 5) is 26.5. The van der Waals surface area contributed by atoms with Crippen LogP contribution in [0.4, 0.5) is 4.79 Å². The van der Waals surface area contributed by atoms with E-state index in [1.807, 2.05) is 4.90 Å². The van der Waals surface area contributed by atoms with E-state index in [0.29, 0.717) is 26.2 Å². The molecule has 0 unspecified atom stereocenters. The SMILES string of the molecule is O=C(O)N1CCCN(C(=O)C2CCCCC2)CC1. The van der Waals surface area contributed by atoms with Gasteiger partial charge in [-0.25, -0.2) is 4.79 Å². The van der Waals surface area contributed by atoms with E-state index < -0.39 is 6.09 Å². The fourth-order valence-electron chi connectivity index (χ4n) is 2.94. The second-order valence-electron chi connectivity index (χ2n) is 5.28. The Balaban J connectivity index is 1.88. The highest BCUT2D eigenvalue weighted by molar-refractivity contribution is 5.79. The summed E-state index contributed by atoms with van der Waals surface area (Å²) in [5, 5.41) is 8.96. The Morgan fingerprint density at radius 2 is 1.44 bits per heavy atom. The Bertz CT molecular complexity index is 313. The van der Waals surface area contributed by atoms with E-state index in [-0.39, 0.29) is 11.8 Å². The van der Waals surface area contributed by atoms with Crippen LogP contribution in [0.2, 0.25) is 0 Å². The first-order valence-corrected chi connectivity index (χ1v) is 6.95. The molecule has 1 saturated carbocycles. The molecule has 0 aromatic rings. The minimum Gasteiger partial charge on any atom is -0.465 e. The van der Waals surface area contributed by atoms with Crippen LogP contribution in [-0.4, -0.2) is 53.1 Å². The molecule has 0 spiro atoms. The molecule has 0 aromatic heterocycles. The fraction of sp³-hybridized carbons (Fsp3) is 0.846. The van der Waals surface area contributed by atoms with Gasteiger partial charge >= 0.3 is 6.09 Å². The first-order chi connectivity index (χ1) is 8.68. The molecular formula is C13H22N2O3. The molecule has 2 fully saturated rings. The van der Waals surface area contributed by atoms with E-state index in [1.165, 1.54) is 11.3 Å². The largest absolute Gasteiger partial charge is 0.465 e. The summed E-state index contributed by atoms with van der Waals surface area (Å²) < 4.78 is 0. The Kier molecular flexibility index (Phi) is 4.44. The quantitative estimate of drug-likeness (QED) is 0.776. The standard InChI is InChI=1S/C13H22N2O3/c16-12(11-5-2-1-3-6-11)14-7-4-8-15(10-9-14)13(17)18/h11H,1-10H2,(H,17,18). The van der Waals surface area contributed by atoms with Crippen LogP contribution in [0.25, 0.3) is 0 Å². The van der Waals surface area contributed by atoms with Crippen LogP contribution in [0.5, 0.6) is 0 Å². The molecule has 2 aliphatic rings. The maximum Gasteiger partial charge on any atom is 0.407 e. The summed E-state index contributed by atoms with van der Waals surface area (Å²) in [7, 11) is 0. The van der Waals surface area contributed by atoms with Crippen LogP contribution < -0.4 is 0 Å². The topological polar surface area (TPSA) is 60.9 Å². The van der Waals surface area contributed by atoms with Crippen molar-refractivity contribution in [2.75, 3.05) is 26.2 Å². The first kappa shape index (κ1) is 13.2. The summed E-state index contributed by atoms with van der Waals surface area (Å²) in [5.74, 6) is 0.442. The lowest BCUT2D eigenvalue weighted by molar-refractivity contribution is -0.136. The van der Waals surface area contributed by atoms with Crippen molar-refractivity contribution in [3.63, 3.8) is 0 Å². The van der Waals surface area contributed by atoms with Crippen LogP contribution in [0.1, 0.15) is 38.5 Å². The lowest BCUT2D eigenvalue weighted by atomic mass is 9.88. The molecule has 18 heavy (non-hydrogen) atoms. The van der Waals surface area contributed by atoms with Crippen LogP contribution in [-0.2, 0) is 4.79 Å². The maximum absolute atomic E-state index is 12.3. The van der Waals surface area contributed by atoms with Crippen LogP contribution in [0, 0.1) is 5.92 Å². The fourth-order valence-corrected chi connectivity index (χ4v) is 2.94. The third-order valence-electron chi connectivity index (χ3n) is 4.03. The lowest BCUT2D eigenvalue weighted by Crippen LogP contribution is -2.40. The van der Waals surface area contributed by atoms with Gasteiger partial charge in [-0.3, -0.25) is 4.79 Å². The number of hydrogen-bond donors (Lipinski definition) is 1. The van der Waals surface area contributed by atoms with E-state index in [9.17, 15) is 9.59 Å². The third kappa shape index (κ3) is 3.15. The molecule has 2 rings (SSSR count). The molecule has 0 bridgehead atoms. The molecule has 1 heterocycles. The van der Waals surface area contributed by atoms with Crippen LogP contribution >= 0.6 is 0 Å². The summed E-state index contributed by atoms with van der Waals surface area (Å²) >= 11 is 0. The molecule has 0 radical (unpaired) electrons. The van der Waals surface area contributed by atoms with Gasteiger partial charge in [0.25, 0.3) is 0 Å². The van der Waals surface area contributed by atoms with Gasteiger partial charge in [-0.05, 0) is 19.3 Å².